The number of carbonyl (C=O) groups excluding carboxylic acids is 2. The number of carbonyl (C=O) groups is 2. The number of rotatable bonds is 7. The molecule has 2 aliphatic heterocycles. The van der Waals surface area contributed by atoms with Gasteiger partial charge in [-0.15, -0.1) is 9.78 Å². The number of aryl methyl sites for hydroxylation is 3. The van der Waals surface area contributed by atoms with Gasteiger partial charge in [0.15, 0.2) is 0 Å². The van der Waals surface area contributed by atoms with Crippen LogP contribution in [-0.2, 0) is 16.0 Å². The van der Waals surface area contributed by atoms with Crippen molar-refractivity contribution in [3.05, 3.63) is 53.3 Å². The monoisotopic (exact) mass is 437 g/mol. The molecule has 0 aliphatic carbocycles. The van der Waals surface area contributed by atoms with E-state index in [0.717, 1.165) is 17.8 Å². The summed E-state index contributed by atoms with van der Waals surface area (Å²) < 4.78 is 8.89. The van der Waals surface area contributed by atoms with E-state index in [1.54, 1.807) is 18.8 Å². The summed E-state index contributed by atoms with van der Waals surface area (Å²) in [5.41, 5.74) is 2.95. The molecule has 0 bridgehead atoms. The number of amidine groups is 1. The van der Waals surface area contributed by atoms with Crippen molar-refractivity contribution in [3.63, 3.8) is 0 Å². The molecule has 1 atom stereocenters. The smallest absolute Gasteiger partial charge is 0.381 e. The van der Waals surface area contributed by atoms with Crippen LogP contribution in [-0.4, -0.2) is 87.8 Å². The molecule has 3 heterocycles. The fourth-order valence-electron chi connectivity index (χ4n) is 4.22. The number of ether oxygens (including phenoxy) is 1. The molecule has 32 heavy (non-hydrogen) atoms. The number of aromatic nitrogens is 2. The van der Waals surface area contributed by atoms with Gasteiger partial charge in [-0.2, -0.15) is 0 Å². The highest BCUT2D eigenvalue weighted by Crippen LogP contribution is 2.21. The predicted molar refractivity (Wildman–Crippen MR) is 120 cm³/mol. The zero-order valence-electron chi connectivity index (χ0n) is 19.0. The highest BCUT2D eigenvalue weighted by molar-refractivity contribution is 6.23. The van der Waals surface area contributed by atoms with Gasteiger partial charge in [0.25, 0.3) is 5.91 Å². The average molecular weight is 438 g/mol. The highest BCUT2D eigenvalue weighted by Gasteiger charge is 2.52. The van der Waals surface area contributed by atoms with E-state index in [2.05, 4.69) is 17.2 Å². The first kappa shape index (κ1) is 21.9. The van der Waals surface area contributed by atoms with E-state index in [0.29, 0.717) is 37.9 Å². The number of aliphatic imine (C=N–C) groups is 1. The van der Waals surface area contributed by atoms with E-state index in [-0.39, 0.29) is 11.9 Å². The van der Waals surface area contributed by atoms with E-state index in [1.165, 1.54) is 15.4 Å². The molecular weight excluding hydrogens is 408 g/mol. The molecular formula is C23H29N6O3+. The van der Waals surface area contributed by atoms with Crippen LogP contribution in [0.25, 0.3) is 0 Å². The summed E-state index contributed by atoms with van der Waals surface area (Å²) >= 11 is 0. The number of nitrogens with zero attached hydrogens (tertiary/aromatic N) is 6. The number of hydrogen-bond acceptors (Lipinski definition) is 5. The second kappa shape index (κ2) is 9.04. The van der Waals surface area contributed by atoms with Gasteiger partial charge in [0.1, 0.15) is 5.69 Å². The zero-order valence-corrected chi connectivity index (χ0v) is 19.0. The molecule has 3 amide bonds. The summed E-state index contributed by atoms with van der Waals surface area (Å²) in [6.45, 7) is 5.08. The first-order chi connectivity index (χ1) is 15.4. The minimum Gasteiger partial charge on any atom is -0.381 e. The van der Waals surface area contributed by atoms with Gasteiger partial charge in [-0.3, -0.25) is 14.6 Å². The van der Waals surface area contributed by atoms with Gasteiger partial charge in [-0.1, -0.05) is 35.3 Å². The van der Waals surface area contributed by atoms with E-state index in [9.17, 15) is 9.59 Å². The quantitative estimate of drug-likeness (QED) is 0.617. The third-order valence-electron chi connectivity index (χ3n) is 5.81. The van der Waals surface area contributed by atoms with Gasteiger partial charge in [0.05, 0.1) is 18.8 Å². The maximum atomic E-state index is 13.5. The van der Waals surface area contributed by atoms with Crippen molar-refractivity contribution in [1.82, 2.24) is 19.6 Å². The first-order valence-electron chi connectivity index (χ1n) is 10.8. The van der Waals surface area contributed by atoms with E-state index in [1.807, 2.05) is 42.7 Å². The molecule has 0 N–H and O–H groups in total. The lowest BCUT2D eigenvalue weighted by atomic mass is 10.1. The molecule has 2 aliphatic rings. The van der Waals surface area contributed by atoms with Crippen LogP contribution in [0.3, 0.4) is 0 Å². The van der Waals surface area contributed by atoms with Gasteiger partial charge in [-0.25, -0.2) is 9.37 Å². The third kappa shape index (κ3) is 3.95. The van der Waals surface area contributed by atoms with Crippen molar-refractivity contribution >= 4 is 23.7 Å². The van der Waals surface area contributed by atoms with E-state index < -0.39 is 6.04 Å². The van der Waals surface area contributed by atoms with Gasteiger partial charge >= 0.3 is 12.0 Å². The molecule has 1 unspecified atom stereocenters. The standard InChI is InChI=1S/C23H29N6O3/c1-16-15-17(2)29(25-16)22-24-20-19(27(22)13-14-32-4)21(30)28(23(31)26(20)3)12-8-11-18-9-6-5-7-10-18/h5-7,9-10,15,19H,8,11-14H2,1-4H3/q+1. The summed E-state index contributed by atoms with van der Waals surface area (Å²) in [5, 5.41) is 4.54. The summed E-state index contributed by atoms with van der Waals surface area (Å²) in [7, 11) is 3.29. The number of likely N-dealkylation sites (N-methyl/N-ethyl adjacent to an activating group) is 1. The van der Waals surface area contributed by atoms with Crippen LogP contribution >= 0.6 is 0 Å². The number of methoxy groups -OCH3 is 1. The van der Waals surface area contributed by atoms with Crippen LogP contribution in [0.1, 0.15) is 23.4 Å². The Morgan fingerprint density at radius 2 is 1.91 bits per heavy atom. The fourth-order valence-corrected chi connectivity index (χ4v) is 4.22. The predicted octanol–water partition coefficient (Wildman–Crippen LogP) is 1.67. The van der Waals surface area contributed by atoms with Gasteiger partial charge in [-0.05, 0) is 38.3 Å². The molecule has 1 fully saturated rings. The lowest BCUT2D eigenvalue weighted by molar-refractivity contribution is -0.539. The molecule has 1 aromatic carbocycles. The zero-order chi connectivity index (χ0) is 22.8. The molecule has 2 aromatic rings. The topological polar surface area (TPSA) is 83.0 Å². The summed E-state index contributed by atoms with van der Waals surface area (Å²) in [5.74, 6) is 0.706. The van der Waals surface area contributed by atoms with Crippen LogP contribution in [0, 0.1) is 13.8 Å². The van der Waals surface area contributed by atoms with Crippen molar-refractivity contribution in [2.45, 2.75) is 32.7 Å². The number of urea groups is 1. The van der Waals surface area contributed by atoms with Crippen molar-refractivity contribution in [2.24, 2.45) is 4.99 Å². The Kier molecular flexibility index (Phi) is 6.18. The van der Waals surface area contributed by atoms with Gasteiger partial charge in [0, 0.05) is 20.7 Å². The second-order valence-corrected chi connectivity index (χ2v) is 8.12. The van der Waals surface area contributed by atoms with Crippen LogP contribution in [0.15, 0.2) is 41.4 Å². The lowest BCUT2D eigenvalue weighted by Gasteiger charge is -2.34. The largest absolute Gasteiger partial charge is 0.421 e. The van der Waals surface area contributed by atoms with Crippen molar-refractivity contribution in [1.29, 1.82) is 0 Å². The Hall–Kier alpha value is -3.33. The number of amides is 3. The summed E-state index contributed by atoms with van der Waals surface area (Å²) in [4.78, 5) is 34.1. The first-order valence-corrected chi connectivity index (χ1v) is 10.8. The maximum absolute atomic E-state index is 13.5. The molecule has 1 saturated heterocycles. The van der Waals surface area contributed by atoms with E-state index >= 15 is 0 Å². The van der Waals surface area contributed by atoms with Crippen LogP contribution in [0.4, 0.5) is 4.79 Å². The molecule has 1 aromatic heterocycles. The Bertz CT molecular complexity index is 1090. The molecule has 0 spiro atoms. The molecule has 9 nitrogen and oxygen atoms in total. The SMILES string of the molecule is COCC[N+]1=C(n2nc(C)cc2C)N=C2C1C(=O)N(CCCc1ccccc1)C(=O)N2C. The van der Waals surface area contributed by atoms with Crippen LogP contribution < -0.4 is 0 Å². The van der Waals surface area contributed by atoms with Crippen molar-refractivity contribution in [2.75, 3.05) is 33.9 Å². The van der Waals surface area contributed by atoms with Gasteiger partial charge in [0.2, 0.25) is 11.9 Å². The number of hydrogen-bond donors (Lipinski definition) is 0. The summed E-state index contributed by atoms with van der Waals surface area (Å²) in [6, 6.07) is 11.0. The second-order valence-electron chi connectivity index (χ2n) is 8.12. The number of fused-ring (bicyclic) bond motifs is 1. The Morgan fingerprint density at radius 3 is 2.56 bits per heavy atom. The Balaban J connectivity index is 1.62. The molecule has 4 rings (SSSR count). The van der Waals surface area contributed by atoms with Gasteiger partial charge < -0.3 is 4.74 Å². The third-order valence-corrected chi connectivity index (χ3v) is 5.81. The van der Waals surface area contributed by atoms with Crippen LogP contribution in [0.5, 0.6) is 0 Å². The molecule has 9 heteroatoms. The lowest BCUT2D eigenvalue weighted by Crippen LogP contribution is -2.63. The minimum absolute atomic E-state index is 0.257. The highest BCUT2D eigenvalue weighted by atomic mass is 16.5. The van der Waals surface area contributed by atoms with E-state index in [4.69, 9.17) is 9.73 Å². The van der Waals surface area contributed by atoms with Crippen molar-refractivity contribution in [3.8, 4) is 0 Å². The minimum atomic E-state index is -0.677. The molecule has 0 saturated carbocycles. The Morgan fingerprint density at radius 1 is 1.16 bits per heavy atom. The maximum Gasteiger partial charge on any atom is 0.421 e. The normalized spacial score (nSPS) is 18.5. The van der Waals surface area contributed by atoms with Crippen molar-refractivity contribution < 1.29 is 18.9 Å². The number of imide groups is 1. The number of benzene rings is 1. The fraction of sp³-hybridized carbons (Fsp3) is 0.435. The van der Waals surface area contributed by atoms with Crippen LogP contribution in [0.2, 0.25) is 0 Å². The molecule has 168 valence electrons. The summed E-state index contributed by atoms with van der Waals surface area (Å²) in [6.07, 6.45) is 1.49. The molecule has 0 radical (unpaired) electrons. The average Bonchev–Trinajstić information content (AvgIpc) is 3.32. The Labute approximate surface area is 187 Å².